The molecule has 1 aromatic carbocycles. The van der Waals surface area contributed by atoms with Crippen molar-refractivity contribution in [2.24, 2.45) is 22.5 Å². The molecule has 3 N–H and O–H groups in total. The Balaban J connectivity index is 1.27. The number of carbonyl (C=O) groups excluding carboxylic acids is 2. The summed E-state index contributed by atoms with van der Waals surface area (Å²) in [6, 6.07) is 1.26. The Kier molecular flexibility index (Phi) is 8.51. The zero-order valence-corrected chi connectivity index (χ0v) is 23.3. The van der Waals surface area contributed by atoms with Crippen molar-refractivity contribution in [2.75, 3.05) is 0 Å². The van der Waals surface area contributed by atoms with Gasteiger partial charge in [-0.15, -0.1) is 0 Å². The van der Waals surface area contributed by atoms with Gasteiger partial charge in [0.15, 0.2) is 11.6 Å². The van der Waals surface area contributed by atoms with Crippen LogP contribution in [0, 0.1) is 34.2 Å². The minimum atomic E-state index is -1.21. The van der Waals surface area contributed by atoms with Gasteiger partial charge in [-0.1, -0.05) is 27.7 Å². The SMILES string of the molecule is CC(C)(C)C1CCC(NC(=O)CCC(=O)N2[C@@H]3CC[C@H]2CC(C)([C@H](N)Cc2cc(F)c(F)cc2F)C3)CC1. The molecule has 212 valence electrons. The van der Waals surface area contributed by atoms with Crippen LogP contribution in [0.4, 0.5) is 13.2 Å². The number of halogens is 3. The van der Waals surface area contributed by atoms with E-state index in [0.29, 0.717) is 30.2 Å². The first-order valence-corrected chi connectivity index (χ1v) is 14.3. The summed E-state index contributed by atoms with van der Waals surface area (Å²) in [6.45, 7) is 8.88. The second-order valence-corrected chi connectivity index (χ2v) is 13.4. The summed E-state index contributed by atoms with van der Waals surface area (Å²) < 4.78 is 41.2. The molecule has 0 radical (unpaired) electrons. The maximum atomic E-state index is 14.2. The van der Waals surface area contributed by atoms with E-state index in [1.807, 2.05) is 11.8 Å². The first kappa shape index (κ1) is 28.9. The van der Waals surface area contributed by atoms with Crippen LogP contribution in [0.25, 0.3) is 0 Å². The van der Waals surface area contributed by atoms with Crippen LogP contribution in [0.15, 0.2) is 12.1 Å². The Morgan fingerprint density at radius 2 is 1.55 bits per heavy atom. The van der Waals surface area contributed by atoms with Gasteiger partial charge in [0.1, 0.15) is 5.82 Å². The lowest BCUT2D eigenvalue weighted by Crippen LogP contribution is -2.55. The maximum absolute atomic E-state index is 14.2. The van der Waals surface area contributed by atoms with Gasteiger partial charge in [-0.2, -0.15) is 0 Å². The zero-order chi connectivity index (χ0) is 27.8. The van der Waals surface area contributed by atoms with E-state index in [9.17, 15) is 22.8 Å². The number of hydrogen-bond acceptors (Lipinski definition) is 3. The number of piperidine rings is 1. The van der Waals surface area contributed by atoms with Crippen LogP contribution in [0.5, 0.6) is 0 Å². The fraction of sp³-hybridized carbons (Fsp3) is 0.733. The third-order valence-corrected chi connectivity index (χ3v) is 9.62. The van der Waals surface area contributed by atoms with Crippen LogP contribution in [-0.4, -0.2) is 40.9 Å². The van der Waals surface area contributed by atoms with Crippen LogP contribution >= 0.6 is 0 Å². The van der Waals surface area contributed by atoms with Crippen LogP contribution in [-0.2, 0) is 16.0 Å². The normalized spacial score (nSPS) is 30.3. The van der Waals surface area contributed by atoms with E-state index in [2.05, 4.69) is 26.1 Å². The summed E-state index contributed by atoms with van der Waals surface area (Å²) in [5, 5.41) is 3.14. The number of rotatable bonds is 7. The Labute approximate surface area is 225 Å². The fourth-order valence-electron chi connectivity index (χ4n) is 7.19. The largest absolute Gasteiger partial charge is 0.353 e. The lowest BCUT2D eigenvalue weighted by atomic mass is 9.69. The van der Waals surface area contributed by atoms with E-state index in [-0.39, 0.29) is 60.2 Å². The first-order valence-electron chi connectivity index (χ1n) is 14.3. The smallest absolute Gasteiger partial charge is 0.223 e. The second kappa shape index (κ2) is 11.2. The number of carbonyl (C=O) groups is 2. The maximum Gasteiger partial charge on any atom is 0.223 e. The summed E-state index contributed by atoms with van der Waals surface area (Å²) in [7, 11) is 0. The number of nitrogens with one attached hydrogen (secondary N) is 1. The highest BCUT2D eigenvalue weighted by Crippen LogP contribution is 2.47. The molecule has 5 nitrogen and oxygen atoms in total. The Morgan fingerprint density at radius 1 is 0.974 bits per heavy atom. The summed E-state index contributed by atoms with van der Waals surface area (Å²) >= 11 is 0. The average molecular weight is 536 g/mol. The number of benzene rings is 1. The average Bonchev–Trinajstić information content (AvgIpc) is 3.12. The Hall–Kier alpha value is -2.09. The quantitative estimate of drug-likeness (QED) is 0.444. The van der Waals surface area contributed by atoms with Crippen molar-refractivity contribution in [3.05, 3.63) is 35.1 Å². The predicted molar refractivity (Wildman–Crippen MR) is 142 cm³/mol. The molecular formula is C30H44F3N3O2. The number of fused-ring (bicyclic) bond motifs is 2. The molecule has 0 spiro atoms. The highest BCUT2D eigenvalue weighted by Gasteiger charge is 2.50. The van der Waals surface area contributed by atoms with Gasteiger partial charge in [-0.25, -0.2) is 13.2 Å². The minimum Gasteiger partial charge on any atom is -0.353 e. The van der Waals surface area contributed by atoms with E-state index >= 15 is 0 Å². The van der Waals surface area contributed by atoms with E-state index in [1.165, 1.54) is 0 Å². The van der Waals surface area contributed by atoms with E-state index in [0.717, 1.165) is 44.6 Å². The number of nitrogens with zero attached hydrogens (tertiary/aromatic N) is 1. The van der Waals surface area contributed by atoms with E-state index in [1.54, 1.807) is 0 Å². The first-order chi connectivity index (χ1) is 17.8. The van der Waals surface area contributed by atoms with Gasteiger partial charge in [-0.3, -0.25) is 9.59 Å². The fourth-order valence-corrected chi connectivity index (χ4v) is 7.19. The number of nitrogens with two attached hydrogens (primary N) is 1. The summed E-state index contributed by atoms with van der Waals surface area (Å²) in [6.07, 6.45) is 7.81. The number of amides is 2. The lowest BCUT2D eigenvalue weighted by Gasteiger charge is -2.48. The molecule has 2 heterocycles. The molecule has 4 atom stereocenters. The molecule has 0 aromatic heterocycles. The topological polar surface area (TPSA) is 75.4 Å². The zero-order valence-electron chi connectivity index (χ0n) is 23.3. The van der Waals surface area contributed by atoms with Crippen molar-refractivity contribution >= 4 is 11.8 Å². The molecule has 1 saturated carbocycles. The molecule has 3 fully saturated rings. The summed E-state index contributed by atoms with van der Waals surface area (Å²) in [5.74, 6) is -2.45. The molecule has 2 aliphatic heterocycles. The third kappa shape index (κ3) is 6.37. The third-order valence-electron chi connectivity index (χ3n) is 9.62. The van der Waals surface area contributed by atoms with Crippen LogP contribution < -0.4 is 11.1 Å². The minimum absolute atomic E-state index is 0.00589. The predicted octanol–water partition coefficient (Wildman–Crippen LogP) is 5.63. The Bertz CT molecular complexity index is 1020. The second-order valence-electron chi connectivity index (χ2n) is 13.4. The summed E-state index contributed by atoms with van der Waals surface area (Å²) in [5.41, 5.74) is 6.53. The Morgan fingerprint density at radius 3 is 2.13 bits per heavy atom. The van der Waals surface area contributed by atoms with Crippen molar-refractivity contribution in [2.45, 2.75) is 122 Å². The molecule has 2 amide bonds. The highest BCUT2D eigenvalue weighted by atomic mass is 19.2. The van der Waals surface area contributed by atoms with Crippen LogP contribution in [0.3, 0.4) is 0 Å². The molecule has 1 aliphatic carbocycles. The number of hydrogen-bond donors (Lipinski definition) is 2. The molecular weight excluding hydrogens is 491 g/mol. The standard InChI is InChI=1S/C30H44F3N3O2/c1-29(2,3)19-5-7-20(8-6-19)35-27(37)11-12-28(38)36-21-9-10-22(36)17-30(4,16-21)26(34)14-18-13-24(32)25(33)15-23(18)31/h13,15,19-22,26H,5-12,14,16-17,34H2,1-4H3,(H,35,37)/t19?,20?,21-,22+,26-,30?/m1/s1. The van der Waals surface area contributed by atoms with Crippen LogP contribution in [0.2, 0.25) is 0 Å². The van der Waals surface area contributed by atoms with E-state index in [4.69, 9.17) is 5.73 Å². The molecule has 4 rings (SSSR count). The van der Waals surface area contributed by atoms with Crippen molar-refractivity contribution in [3.8, 4) is 0 Å². The molecule has 1 aromatic rings. The summed E-state index contributed by atoms with van der Waals surface area (Å²) in [4.78, 5) is 27.8. The molecule has 38 heavy (non-hydrogen) atoms. The van der Waals surface area contributed by atoms with Crippen molar-refractivity contribution < 1.29 is 22.8 Å². The van der Waals surface area contributed by atoms with Gasteiger partial charge in [0.2, 0.25) is 11.8 Å². The van der Waals surface area contributed by atoms with Gasteiger partial charge in [0, 0.05) is 43.1 Å². The van der Waals surface area contributed by atoms with Gasteiger partial charge in [-0.05, 0) is 86.2 Å². The molecule has 2 bridgehead atoms. The molecule has 1 unspecified atom stereocenters. The van der Waals surface area contributed by atoms with Crippen molar-refractivity contribution in [1.29, 1.82) is 0 Å². The molecule has 2 saturated heterocycles. The molecule has 3 aliphatic rings. The van der Waals surface area contributed by atoms with Crippen molar-refractivity contribution in [1.82, 2.24) is 10.2 Å². The van der Waals surface area contributed by atoms with Crippen molar-refractivity contribution in [3.63, 3.8) is 0 Å². The monoisotopic (exact) mass is 535 g/mol. The van der Waals surface area contributed by atoms with E-state index < -0.39 is 23.5 Å². The van der Waals surface area contributed by atoms with Gasteiger partial charge in [0.05, 0.1) is 0 Å². The lowest BCUT2D eigenvalue weighted by molar-refractivity contribution is -0.140. The van der Waals surface area contributed by atoms with Gasteiger partial charge in [0.25, 0.3) is 0 Å². The van der Waals surface area contributed by atoms with Gasteiger partial charge >= 0.3 is 0 Å². The van der Waals surface area contributed by atoms with Crippen LogP contribution in [0.1, 0.15) is 97.5 Å². The van der Waals surface area contributed by atoms with Gasteiger partial charge < -0.3 is 16.0 Å². The highest BCUT2D eigenvalue weighted by molar-refractivity contribution is 5.84. The molecule has 8 heteroatoms.